The maximum atomic E-state index is 13.9. The Kier molecular flexibility index (Phi) is 11.0. The van der Waals surface area contributed by atoms with Gasteiger partial charge in [0, 0.05) is 31.7 Å². The highest BCUT2D eigenvalue weighted by atomic mass is 19.4. The van der Waals surface area contributed by atoms with Gasteiger partial charge in [-0.15, -0.1) is 0 Å². The lowest BCUT2D eigenvalue weighted by molar-refractivity contribution is -0.144. The van der Waals surface area contributed by atoms with Crippen molar-refractivity contribution in [2.45, 2.75) is 63.6 Å². The molecule has 2 aliphatic heterocycles. The number of hydrogen-bond donors (Lipinski definition) is 1. The van der Waals surface area contributed by atoms with E-state index in [4.69, 9.17) is 9.47 Å². The molecule has 2 aromatic heterocycles. The van der Waals surface area contributed by atoms with E-state index in [9.17, 15) is 41.0 Å². The van der Waals surface area contributed by atoms with Crippen molar-refractivity contribution in [3.63, 3.8) is 0 Å². The molecule has 0 aliphatic carbocycles. The minimum absolute atomic E-state index is 0.0248. The summed E-state index contributed by atoms with van der Waals surface area (Å²) in [4.78, 5) is 43.2. The summed E-state index contributed by atoms with van der Waals surface area (Å²) >= 11 is 0. The number of fused-ring (bicyclic) bond motifs is 1. The van der Waals surface area contributed by atoms with Gasteiger partial charge in [-0.05, 0) is 55.5 Å². The number of carbonyl (C=O) groups is 2. The molecule has 1 unspecified atom stereocenters. The van der Waals surface area contributed by atoms with Gasteiger partial charge >= 0.3 is 24.4 Å². The average Bonchev–Trinajstić information content (AvgIpc) is 3.11. The minimum Gasteiger partial charge on any atom is -0.481 e. The van der Waals surface area contributed by atoms with Crippen LogP contribution in [-0.4, -0.2) is 65.0 Å². The number of piperidine rings is 1. The van der Waals surface area contributed by atoms with Gasteiger partial charge in [-0.2, -0.15) is 26.3 Å². The van der Waals surface area contributed by atoms with E-state index in [1.807, 2.05) is 11.8 Å². The van der Waals surface area contributed by atoms with E-state index in [1.165, 1.54) is 41.4 Å². The highest BCUT2D eigenvalue weighted by Gasteiger charge is 2.42. The van der Waals surface area contributed by atoms with E-state index in [1.54, 1.807) is 6.07 Å². The fourth-order valence-corrected chi connectivity index (χ4v) is 6.39. The highest BCUT2D eigenvalue weighted by Crippen LogP contribution is 2.44. The molecule has 2 aliphatic rings. The summed E-state index contributed by atoms with van der Waals surface area (Å²) in [5.41, 5.74) is -2.16. The van der Waals surface area contributed by atoms with Crippen molar-refractivity contribution in [1.29, 1.82) is 0 Å². The molecule has 4 heterocycles. The summed E-state index contributed by atoms with van der Waals surface area (Å²) in [6.07, 6.45) is -5.17. The average molecular weight is 723 g/mol. The normalized spacial score (nSPS) is 18.2. The quantitative estimate of drug-likeness (QED) is 0.169. The number of ether oxygens (including phenoxy) is 2. The van der Waals surface area contributed by atoms with Crippen LogP contribution in [0.4, 0.5) is 48.5 Å². The molecule has 0 radical (unpaired) electrons. The second kappa shape index (κ2) is 15.0. The van der Waals surface area contributed by atoms with Crippen LogP contribution < -0.4 is 19.4 Å². The minimum atomic E-state index is -5.07. The molecule has 1 saturated heterocycles. The lowest BCUT2D eigenvalue weighted by atomic mass is 9.92. The number of pyridine rings is 1. The first-order valence-electron chi connectivity index (χ1n) is 16.1. The molecule has 0 saturated carbocycles. The van der Waals surface area contributed by atoms with Gasteiger partial charge in [0.05, 0.1) is 59.7 Å². The van der Waals surface area contributed by atoms with Gasteiger partial charge in [0.2, 0.25) is 11.8 Å². The molecule has 274 valence electrons. The second-order valence-corrected chi connectivity index (χ2v) is 12.2. The molecule has 17 heteroatoms. The van der Waals surface area contributed by atoms with Crippen LogP contribution in [0.3, 0.4) is 0 Å². The zero-order valence-corrected chi connectivity index (χ0v) is 27.7. The monoisotopic (exact) mass is 722 g/mol. The van der Waals surface area contributed by atoms with Crippen molar-refractivity contribution >= 4 is 29.4 Å². The van der Waals surface area contributed by atoms with Crippen molar-refractivity contribution in [3.05, 3.63) is 77.8 Å². The van der Waals surface area contributed by atoms with Gasteiger partial charge in [0.15, 0.2) is 0 Å². The summed E-state index contributed by atoms with van der Waals surface area (Å²) in [5.74, 6) is -1.24. The van der Waals surface area contributed by atoms with E-state index in [0.717, 1.165) is 0 Å². The van der Waals surface area contributed by atoms with Crippen molar-refractivity contribution in [3.8, 4) is 5.88 Å². The van der Waals surface area contributed by atoms with Crippen LogP contribution in [0.1, 0.15) is 61.0 Å². The van der Waals surface area contributed by atoms with Crippen LogP contribution in [0.15, 0.2) is 55.4 Å². The Balaban J connectivity index is 1.63. The number of nitrogens with zero attached hydrogens (tertiary/aromatic N) is 6. The lowest BCUT2D eigenvalue weighted by Crippen LogP contribution is -2.48. The van der Waals surface area contributed by atoms with Crippen molar-refractivity contribution in [2.75, 3.05) is 41.5 Å². The Morgan fingerprint density at radius 2 is 1.67 bits per heavy atom. The van der Waals surface area contributed by atoms with Gasteiger partial charge in [-0.1, -0.05) is 19.6 Å². The highest BCUT2D eigenvalue weighted by molar-refractivity contribution is 5.90. The molecule has 5 rings (SSSR count). The number of carbonyl (C=O) groups excluding carboxylic acids is 1. The Bertz CT molecular complexity index is 1700. The number of benzene rings is 1. The first kappa shape index (κ1) is 37.2. The summed E-state index contributed by atoms with van der Waals surface area (Å²) in [6, 6.07) is 3.07. The number of carboxylic acids is 1. The number of aromatic nitrogens is 3. The third kappa shape index (κ3) is 8.28. The molecule has 1 amide bonds. The largest absolute Gasteiger partial charge is 0.481 e. The molecule has 2 atom stereocenters. The molecular formula is C34H36F6N6O5. The number of hydrogen-bond acceptors (Lipinski definition) is 9. The van der Waals surface area contributed by atoms with E-state index in [0.29, 0.717) is 55.9 Å². The Morgan fingerprint density at radius 3 is 2.20 bits per heavy atom. The van der Waals surface area contributed by atoms with Crippen LogP contribution >= 0.6 is 0 Å². The Morgan fingerprint density at radius 1 is 1.04 bits per heavy atom. The van der Waals surface area contributed by atoms with Crippen molar-refractivity contribution in [2.24, 2.45) is 5.92 Å². The maximum absolute atomic E-state index is 13.9. The molecule has 11 nitrogen and oxygen atoms in total. The number of carboxylic acid groups (broad SMARTS) is 1. The summed E-state index contributed by atoms with van der Waals surface area (Å²) in [5, 5.41) is 9.37. The third-order valence-electron chi connectivity index (χ3n) is 8.98. The third-order valence-corrected chi connectivity index (χ3v) is 8.98. The Hall–Kier alpha value is -5.09. The van der Waals surface area contributed by atoms with Crippen molar-refractivity contribution in [1.82, 2.24) is 15.0 Å². The molecule has 3 aromatic rings. The predicted molar refractivity (Wildman–Crippen MR) is 173 cm³/mol. The summed E-state index contributed by atoms with van der Waals surface area (Å²) in [7, 11) is 1.37. The van der Waals surface area contributed by atoms with Crippen molar-refractivity contribution < 1.29 is 50.5 Å². The number of anilines is 3. The first-order valence-corrected chi connectivity index (χ1v) is 16.1. The van der Waals surface area contributed by atoms with Crippen LogP contribution in [0, 0.1) is 5.92 Å². The molecule has 1 aromatic carbocycles. The molecule has 0 spiro atoms. The van der Waals surface area contributed by atoms with E-state index in [-0.39, 0.29) is 42.2 Å². The van der Waals surface area contributed by atoms with Crippen LogP contribution in [0.25, 0.3) is 0 Å². The molecule has 1 N–H and O–H groups in total. The number of rotatable bonds is 10. The fraction of sp³-hybridized carbons (Fsp3) is 0.441. The van der Waals surface area contributed by atoms with Crippen LogP contribution in [0.2, 0.25) is 0 Å². The van der Waals surface area contributed by atoms with Gasteiger partial charge in [0.25, 0.3) is 0 Å². The van der Waals surface area contributed by atoms with Crippen LogP contribution in [-0.2, 0) is 28.4 Å². The predicted octanol–water partition coefficient (Wildman–Crippen LogP) is 7.28. The molecule has 0 bridgehead atoms. The summed E-state index contributed by atoms with van der Waals surface area (Å²) < 4.78 is 94.1. The SMILES string of the molecule is C=CCOC(=O)N1c2ccc(OC)nc2[C@@H](N(Cc2cc(C(F)(F)F)cc(C(F)(F)F)c2)c2ncc(N3CCC(C(=O)O)CC3)cn2)CC1CC. The number of alkyl halides is 6. The number of halogens is 6. The molecule has 51 heavy (non-hydrogen) atoms. The van der Waals surface area contributed by atoms with Gasteiger partial charge in [-0.25, -0.2) is 19.7 Å². The van der Waals surface area contributed by atoms with Gasteiger partial charge < -0.3 is 24.4 Å². The van der Waals surface area contributed by atoms with Gasteiger partial charge in [-0.3, -0.25) is 9.69 Å². The topological polar surface area (TPSA) is 121 Å². The Labute approximate surface area is 289 Å². The standard InChI is InChI=1S/C34H36F6N6O5/c1-4-12-51-32(49)46-24(5-2)16-27(29-26(46)6-7-28(43-29)50-3)45(19-20-13-22(33(35,36)37)15-23(14-20)34(38,39)40)31-41-17-25(18-42-31)44-10-8-21(9-11-44)30(47)48/h4,6-7,13-15,17-18,21,24,27H,1,5,8-12,16,19H2,2-3H3,(H,47,48)/t24?,27-/m0/s1. The van der Waals surface area contributed by atoms with E-state index in [2.05, 4.69) is 21.5 Å². The number of aliphatic carboxylic acids is 1. The summed E-state index contributed by atoms with van der Waals surface area (Å²) in [6.45, 7) is 5.65. The number of amides is 1. The fourth-order valence-electron chi connectivity index (χ4n) is 6.39. The zero-order chi connectivity index (χ0) is 37.1. The molecule has 1 fully saturated rings. The second-order valence-electron chi connectivity index (χ2n) is 12.2. The molecular weight excluding hydrogens is 686 g/mol. The van der Waals surface area contributed by atoms with Crippen LogP contribution in [0.5, 0.6) is 5.88 Å². The first-order chi connectivity index (χ1) is 24.1. The van der Waals surface area contributed by atoms with Gasteiger partial charge in [0.1, 0.15) is 6.61 Å². The van der Waals surface area contributed by atoms with E-state index < -0.39 is 60.1 Å². The smallest absolute Gasteiger partial charge is 0.416 e. The maximum Gasteiger partial charge on any atom is 0.416 e. The lowest BCUT2D eigenvalue weighted by Gasteiger charge is -2.43. The number of methoxy groups -OCH3 is 1. The van der Waals surface area contributed by atoms with E-state index >= 15 is 0 Å². The zero-order valence-electron chi connectivity index (χ0n) is 27.7.